The number of likely N-dealkylation sites (tertiary alicyclic amines) is 1. The Kier molecular flexibility index (Phi) is 4.44. The first-order chi connectivity index (χ1) is 8.74. The number of piperidine rings is 1. The third kappa shape index (κ3) is 2.94. The molecule has 1 atom stereocenters. The summed E-state index contributed by atoms with van der Waals surface area (Å²) >= 11 is 0. The third-order valence-corrected chi connectivity index (χ3v) is 3.64. The lowest BCUT2D eigenvalue weighted by atomic mass is 10.0. The number of benzene rings is 1. The van der Waals surface area contributed by atoms with E-state index < -0.39 is 0 Å². The van der Waals surface area contributed by atoms with Gasteiger partial charge in [-0.3, -0.25) is 4.90 Å². The van der Waals surface area contributed by atoms with Crippen LogP contribution in [0.1, 0.15) is 24.8 Å². The van der Waals surface area contributed by atoms with Crippen LogP contribution in [0.25, 0.3) is 0 Å². The Morgan fingerprint density at radius 3 is 2.94 bits per heavy atom. The van der Waals surface area contributed by atoms with Crippen molar-refractivity contribution >= 4 is 5.69 Å². The maximum absolute atomic E-state index is 9.39. The van der Waals surface area contributed by atoms with Crippen LogP contribution >= 0.6 is 0 Å². The number of nitrogens with two attached hydrogens (primary N) is 1. The summed E-state index contributed by atoms with van der Waals surface area (Å²) < 4.78 is 5.15. The van der Waals surface area contributed by atoms with E-state index in [9.17, 15) is 5.11 Å². The van der Waals surface area contributed by atoms with Crippen LogP contribution in [-0.4, -0.2) is 36.3 Å². The summed E-state index contributed by atoms with van der Waals surface area (Å²) in [5, 5.41) is 9.39. The number of ether oxygens (including phenoxy) is 1. The maximum atomic E-state index is 9.39. The van der Waals surface area contributed by atoms with E-state index in [1.165, 1.54) is 18.4 Å². The van der Waals surface area contributed by atoms with Gasteiger partial charge in [-0.2, -0.15) is 0 Å². The van der Waals surface area contributed by atoms with Gasteiger partial charge in [0.15, 0.2) is 0 Å². The number of nitrogen functional groups attached to an aromatic ring is 1. The van der Waals surface area contributed by atoms with E-state index in [2.05, 4.69) is 4.90 Å². The molecule has 3 N–H and O–H groups in total. The van der Waals surface area contributed by atoms with E-state index in [1.54, 1.807) is 7.11 Å². The molecule has 4 nitrogen and oxygen atoms in total. The van der Waals surface area contributed by atoms with Crippen molar-refractivity contribution in [2.24, 2.45) is 0 Å². The molecule has 2 rings (SSSR count). The molecule has 0 bridgehead atoms. The van der Waals surface area contributed by atoms with Crippen molar-refractivity contribution in [2.45, 2.75) is 31.8 Å². The van der Waals surface area contributed by atoms with Gasteiger partial charge in [0.05, 0.1) is 19.4 Å². The molecule has 1 aliphatic heterocycles. The van der Waals surface area contributed by atoms with Gasteiger partial charge in [0.25, 0.3) is 0 Å². The number of aliphatic hydroxyl groups is 1. The highest BCUT2D eigenvalue weighted by atomic mass is 16.5. The van der Waals surface area contributed by atoms with Crippen molar-refractivity contribution in [2.75, 3.05) is 26.0 Å². The van der Waals surface area contributed by atoms with Gasteiger partial charge in [0, 0.05) is 12.6 Å². The summed E-state index contributed by atoms with van der Waals surface area (Å²) in [4.78, 5) is 2.34. The van der Waals surface area contributed by atoms with Gasteiger partial charge in [-0.05, 0) is 37.1 Å². The van der Waals surface area contributed by atoms with Gasteiger partial charge >= 0.3 is 0 Å². The number of hydrogen-bond donors (Lipinski definition) is 2. The lowest BCUT2D eigenvalue weighted by molar-refractivity contribution is 0.0841. The molecule has 0 aliphatic carbocycles. The van der Waals surface area contributed by atoms with Crippen molar-refractivity contribution in [3.8, 4) is 5.75 Å². The maximum Gasteiger partial charge on any atom is 0.141 e. The van der Waals surface area contributed by atoms with E-state index in [0.717, 1.165) is 25.3 Å². The fourth-order valence-electron chi connectivity index (χ4n) is 2.59. The summed E-state index contributed by atoms with van der Waals surface area (Å²) in [6, 6.07) is 6.20. The van der Waals surface area contributed by atoms with Crippen LogP contribution < -0.4 is 10.5 Å². The molecule has 1 saturated heterocycles. The molecule has 18 heavy (non-hydrogen) atoms. The Hall–Kier alpha value is -1.26. The van der Waals surface area contributed by atoms with E-state index >= 15 is 0 Å². The van der Waals surface area contributed by atoms with Crippen molar-refractivity contribution in [1.82, 2.24) is 4.90 Å². The van der Waals surface area contributed by atoms with Crippen LogP contribution in [0.5, 0.6) is 5.75 Å². The highest BCUT2D eigenvalue weighted by Crippen LogP contribution is 2.24. The number of methoxy groups -OCH3 is 1. The monoisotopic (exact) mass is 250 g/mol. The molecule has 100 valence electrons. The molecule has 0 saturated carbocycles. The summed E-state index contributed by atoms with van der Waals surface area (Å²) in [6.07, 6.45) is 3.51. The van der Waals surface area contributed by atoms with Gasteiger partial charge in [-0.15, -0.1) is 0 Å². The first-order valence-corrected chi connectivity index (χ1v) is 6.52. The number of hydrogen-bond acceptors (Lipinski definition) is 4. The standard InChI is InChI=1S/C14H22N2O2/c1-18-14-6-5-11(8-13(14)15)9-16-7-3-2-4-12(16)10-17/h5-6,8,12,17H,2-4,7,9-10,15H2,1H3. The predicted molar refractivity (Wildman–Crippen MR) is 72.5 cm³/mol. The van der Waals surface area contributed by atoms with E-state index in [4.69, 9.17) is 10.5 Å². The summed E-state index contributed by atoms with van der Waals surface area (Å²) in [7, 11) is 1.62. The fraction of sp³-hybridized carbons (Fsp3) is 0.571. The van der Waals surface area contributed by atoms with Crippen molar-refractivity contribution in [3.63, 3.8) is 0 Å². The van der Waals surface area contributed by atoms with E-state index in [-0.39, 0.29) is 6.61 Å². The van der Waals surface area contributed by atoms with Crippen LogP contribution in [0.3, 0.4) is 0 Å². The fourth-order valence-corrected chi connectivity index (χ4v) is 2.59. The molecule has 4 heteroatoms. The molecule has 0 spiro atoms. The molecule has 1 aromatic carbocycles. The first kappa shape index (κ1) is 13.2. The summed E-state index contributed by atoms with van der Waals surface area (Å²) in [6.45, 7) is 2.14. The number of anilines is 1. The van der Waals surface area contributed by atoms with Crippen LogP contribution in [0.4, 0.5) is 5.69 Å². The van der Waals surface area contributed by atoms with Gasteiger partial charge in [0.1, 0.15) is 5.75 Å². The third-order valence-electron chi connectivity index (χ3n) is 3.64. The highest BCUT2D eigenvalue weighted by Gasteiger charge is 2.21. The largest absolute Gasteiger partial charge is 0.495 e. The average molecular weight is 250 g/mol. The molecule has 1 aliphatic rings. The smallest absolute Gasteiger partial charge is 0.141 e. The summed E-state index contributed by atoms with van der Waals surface area (Å²) in [5.41, 5.74) is 7.76. The molecule has 1 unspecified atom stereocenters. The second-order valence-corrected chi connectivity index (χ2v) is 4.88. The number of aliphatic hydroxyl groups excluding tert-OH is 1. The molecule has 1 aromatic rings. The molecular weight excluding hydrogens is 228 g/mol. The van der Waals surface area contributed by atoms with Crippen LogP contribution in [-0.2, 0) is 6.54 Å². The van der Waals surface area contributed by atoms with Crippen LogP contribution in [0.15, 0.2) is 18.2 Å². The Morgan fingerprint density at radius 2 is 2.28 bits per heavy atom. The topological polar surface area (TPSA) is 58.7 Å². The zero-order chi connectivity index (χ0) is 13.0. The quantitative estimate of drug-likeness (QED) is 0.797. The molecule has 0 radical (unpaired) electrons. The molecule has 0 aromatic heterocycles. The first-order valence-electron chi connectivity index (χ1n) is 6.52. The second kappa shape index (κ2) is 6.07. The second-order valence-electron chi connectivity index (χ2n) is 4.88. The van der Waals surface area contributed by atoms with Crippen molar-refractivity contribution < 1.29 is 9.84 Å². The minimum Gasteiger partial charge on any atom is -0.495 e. The minimum atomic E-state index is 0.242. The van der Waals surface area contributed by atoms with Crippen molar-refractivity contribution in [3.05, 3.63) is 23.8 Å². The Balaban J connectivity index is 2.05. The van der Waals surface area contributed by atoms with Crippen LogP contribution in [0, 0.1) is 0 Å². The normalized spacial score (nSPS) is 20.9. The molecular formula is C14H22N2O2. The van der Waals surface area contributed by atoms with E-state index in [0.29, 0.717) is 11.7 Å². The number of nitrogens with zero attached hydrogens (tertiary/aromatic N) is 1. The van der Waals surface area contributed by atoms with Crippen LogP contribution in [0.2, 0.25) is 0 Å². The van der Waals surface area contributed by atoms with Crippen molar-refractivity contribution in [1.29, 1.82) is 0 Å². The van der Waals surface area contributed by atoms with Gasteiger partial charge in [-0.25, -0.2) is 0 Å². The van der Waals surface area contributed by atoms with Gasteiger partial charge in [0.2, 0.25) is 0 Å². The molecule has 1 fully saturated rings. The number of rotatable bonds is 4. The summed E-state index contributed by atoms with van der Waals surface area (Å²) in [5.74, 6) is 0.719. The van der Waals surface area contributed by atoms with Gasteiger partial charge in [-0.1, -0.05) is 12.5 Å². The predicted octanol–water partition coefficient (Wildman–Crippen LogP) is 1.62. The zero-order valence-corrected chi connectivity index (χ0v) is 10.9. The SMILES string of the molecule is COc1ccc(CN2CCCCC2CO)cc1N. The van der Waals surface area contributed by atoms with E-state index in [1.807, 2.05) is 18.2 Å². The molecule has 0 amide bonds. The molecule has 1 heterocycles. The Bertz CT molecular complexity index is 395. The van der Waals surface area contributed by atoms with Gasteiger partial charge < -0.3 is 15.6 Å². The lowest BCUT2D eigenvalue weighted by Crippen LogP contribution is -2.41. The minimum absolute atomic E-state index is 0.242. The highest BCUT2D eigenvalue weighted by molar-refractivity contribution is 5.54. The Morgan fingerprint density at radius 1 is 1.44 bits per heavy atom. The lowest BCUT2D eigenvalue weighted by Gasteiger charge is -2.34. The average Bonchev–Trinajstić information content (AvgIpc) is 2.39. The zero-order valence-electron chi connectivity index (χ0n) is 10.9. The Labute approximate surface area is 108 Å².